The fourth-order valence-electron chi connectivity index (χ4n) is 1.38. The highest BCUT2D eigenvalue weighted by atomic mass is 79.9. The van der Waals surface area contributed by atoms with Crippen molar-refractivity contribution < 1.29 is 0 Å². The van der Waals surface area contributed by atoms with Crippen LogP contribution in [0.25, 0.3) is 0 Å². The monoisotopic (exact) mass is 330 g/mol. The normalized spacial score (nSPS) is 10.3. The second-order valence-electron chi connectivity index (χ2n) is 3.48. The zero-order valence-corrected chi connectivity index (χ0v) is 11.8. The van der Waals surface area contributed by atoms with Crippen molar-refractivity contribution >= 4 is 56.2 Å². The Hall–Kier alpha value is -0.900. The number of rotatable bonds is 2. The minimum absolute atomic E-state index is 0.625. The van der Waals surface area contributed by atoms with Crippen molar-refractivity contribution in [3.8, 4) is 0 Å². The van der Waals surface area contributed by atoms with Crippen molar-refractivity contribution in [2.75, 3.05) is 11.1 Å². The van der Waals surface area contributed by atoms with Gasteiger partial charge in [-0.25, -0.2) is 0 Å². The van der Waals surface area contributed by atoms with Gasteiger partial charge in [0.2, 0.25) is 0 Å². The van der Waals surface area contributed by atoms with E-state index in [1.807, 2.05) is 12.1 Å². The second-order valence-corrected chi connectivity index (χ2v) is 5.21. The minimum Gasteiger partial charge on any atom is -0.397 e. The van der Waals surface area contributed by atoms with Gasteiger partial charge in [0.05, 0.1) is 17.1 Å². The van der Waals surface area contributed by atoms with Crippen LogP contribution >= 0.6 is 39.1 Å². The zero-order valence-electron chi connectivity index (χ0n) is 8.68. The molecule has 0 amide bonds. The summed E-state index contributed by atoms with van der Waals surface area (Å²) in [5.41, 5.74) is 8.07. The summed E-state index contributed by atoms with van der Waals surface area (Å²) >= 11 is 15.3. The van der Waals surface area contributed by atoms with Crippen molar-refractivity contribution in [1.29, 1.82) is 0 Å². The molecule has 0 saturated heterocycles. The van der Waals surface area contributed by atoms with Crippen molar-refractivity contribution in [3.05, 3.63) is 50.9 Å². The van der Waals surface area contributed by atoms with E-state index in [0.717, 1.165) is 15.8 Å². The number of benzene rings is 2. The lowest BCUT2D eigenvalue weighted by atomic mass is 10.2. The molecule has 0 aliphatic carbocycles. The largest absolute Gasteiger partial charge is 0.397 e. The summed E-state index contributed by atoms with van der Waals surface area (Å²) in [6.45, 7) is 0. The lowest BCUT2D eigenvalue weighted by Crippen LogP contribution is -1.96. The first-order valence-electron chi connectivity index (χ1n) is 4.83. The number of nitrogens with two attached hydrogens (primary N) is 1. The molecule has 0 spiro atoms. The Labute approximate surface area is 118 Å². The van der Waals surface area contributed by atoms with Crippen molar-refractivity contribution in [2.45, 2.75) is 0 Å². The summed E-state index contributed by atoms with van der Waals surface area (Å²) in [5.74, 6) is 0. The fraction of sp³-hybridized carbons (Fsp3) is 0. The molecule has 0 saturated carbocycles. The second kappa shape index (κ2) is 5.17. The van der Waals surface area contributed by atoms with Gasteiger partial charge in [0.1, 0.15) is 0 Å². The highest BCUT2D eigenvalue weighted by Crippen LogP contribution is 2.32. The van der Waals surface area contributed by atoms with E-state index < -0.39 is 0 Å². The van der Waals surface area contributed by atoms with Crippen LogP contribution in [0.3, 0.4) is 0 Å². The molecule has 2 nitrogen and oxygen atoms in total. The number of anilines is 3. The Morgan fingerprint density at radius 3 is 2.24 bits per heavy atom. The lowest BCUT2D eigenvalue weighted by molar-refractivity contribution is 1.52. The molecule has 2 rings (SSSR count). The first-order chi connectivity index (χ1) is 8.06. The van der Waals surface area contributed by atoms with E-state index in [-0.39, 0.29) is 0 Å². The van der Waals surface area contributed by atoms with Gasteiger partial charge in [-0.05, 0) is 52.3 Å². The van der Waals surface area contributed by atoms with Crippen molar-refractivity contribution in [3.63, 3.8) is 0 Å². The summed E-state index contributed by atoms with van der Waals surface area (Å²) in [7, 11) is 0. The van der Waals surface area contributed by atoms with Crippen LogP contribution in [0.4, 0.5) is 17.1 Å². The SMILES string of the molecule is Nc1ccc(Cl)cc1Nc1cc(Cl)ccc1Br. The van der Waals surface area contributed by atoms with Crippen LogP contribution in [0.1, 0.15) is 0 Å². The smallest absolute Gasteiger partial charge is 0.0633 e. The molecule has 0 aliphatic heterocycles. The Balaban J connectivity index is 2.37. The Bertz CT molecular complexity index is 509. The molecule has 0 atom stereocenters. The topological polar surface area (TPSA) is 38.0 Å². The summed E-state index contributed by atoms with van der Waals surface area (Å²) in [6, 6.07) is 10.7. The molecule has 3 N–H and O–H groups in total. The third-order valence-electron chi connectivity index (χ3n) is 2.21. The third kappa shape index (κ3) is 3.06. The van der Waals surface area contributed by atoms with Crippen LogP contribution in [0.15, 0.2) is 40.9 Å². The maximum absolute atomic E-state index is 5.94. The van der Waals surface area contributed by atoms with Gasteiger partial charge in [-0.3, -0.25) is 0 Å². The van der Waals surface area contributed by atoms with Crippen molar-refractivity contribution in [1.82, 2.24) is 0 Å². The molecule has 2 aromatic carbocycles. The summed E-state index contributed by atoms with van der Waals surface area (Å²) in [4.78, 5) is 0. The summed E-state index contributed by atoms with van der Waals surface area (Å²) < 4.78 is 0.904. The highest BCUT2D eigenvalue weighted by Gasteiger charge is 2.04. The molecule has 5 heteroatoms. The van der Waals surface area contributed by atoms with Gasteiger partial charge in [-0.1, -0.05) is 23.2 Å². The maximum atomic E-state index is 5.94. The predicted molar refractivity (Wildman–Crippen MR) is 78.3 cm³/mol. The average molecular weight is 332 g/mol. The zero-order chi connectivity index (χ0) is 12.4. The Kier molecular flexibility index (Phi) is 3.82. The Morgan fingerprint density at radius 1 is 0.941 bits per heavy atom. The van der Waals surface area contributed by atoms with E-state index in [4.69, 9.17) is 28.9 Å². The number of hydrogen-bond donors (Lipinski definition) is 2. The number of nitrogens with one attached hydrogen (secondary N) is 1. The molecule has 0 bridgehead atoms. The molecular weight excluding hydrogens is 323 g/mol. The molecule has 0 aliphatic rings. The third-order valence-corrected chi connectivity index (χ3v) is 3.37. The van der Waals surface area contributed by atoms with E-state index in [0.29, 0.717) is 15.7 Å². The van der Waals surface area contributed by atoms with Gasteiger partial charge in [0.15, 0.2) is 0 Å². The molecular formula is C12H9BrCl2N2. The van der Waals surface area contributed by atoms with Gasteiger partial charge in [0, 0.05) is 14.5 Å². The maximum Gasteiger partial charge on any atom is 0.0633 e. The van der Waals surface area contributed by atoms with Crippen LogP contribution in [0.2, 0.25) is 10.0 Å². The first kappa shape index (κ1) is 12.6. The highest BCUT2D eigenvalue weighted by molar-refractivity contribution is 9.10. The summed E-state index contributed by atoms with van der Waals surface area (Å²) in [6.07, 6.45) is 0. The van der Waals surface area contributed by atoms with E-state index in [2.05, 4.69) is 21.2 Å². The molecule has 0 heterocycles. The van der Waals surface area contributed by atoms with Gasteiger partial charge in [-0.2, -0.15) is 0 Å². The summed E-state index contributed by atoms with van der Waals surface area (Å²) in [5, 5.41) is 4.46. The molecule has 17 heavy (non-hydrogen) atoms. The minimum atomic E-state index is 0.625. The van der Waals surface area contributed by atoms with Gasteiger partial charge in [0.25, 0.3) is 0 Å². The molecule has 2 aromatic rings. The van der Waals surface area contributed by atoms with Crippen LogP contribution in [0, 0.1) is 0 Å². The van der Waals surface area contributed by atoms with Crippen LogP contribution in [-0.2, 0) is 0 Å². The van der Waals surface area contributed by atoms with Gasteiger partial charge in [-0.15, -0.1) is 0 Å². The molecule has 0 fully saturated rings. The molecule has 0 unspecified atom stereocenters. The molecule has 0 aromatic heterocycles. The van der Waals surface area contributed by atoms with E-state index in [1.54, 1.807) is 24.3 Å². The number of halogens is 3. The standard InChI is InChI=1S/C12H9BrCl2N2/c13-9-3-1-7(14)5-11(9)17-12-6-8(15)2-4-10(12)16/h1-6,17H,16H2. The van der Waals surface area contributed by atoms with E-state index in [1.165, 1.54) is 0 Å². The van der Waals surface area contributed by atoms with Crippen LogP contribution < -0.4 is 11.1 Å². The van der Waals surface area contributed by atoms with E-state index >= 15 is 0 Å². The quantitative estimate of drug-likeness (QED) is 0.753. The van der Waals surface area contributed by atoms with Gasteiger partial charge < -0.3 is 11.1 Å². The fourth-order valence-corrected chi connectivity index (χ4v) is 2.07. The molecule has 88 valence electrons. The predicted octanol–water partition coefficient (Wildman–Crippen LogP) is 5.08. The van der Waals surface area contributed by atoms with Crippen LogP contribution in [0.5, 0.6) is 0 Å². The molecule has 0 radical (unpaired) electrons. The number of hydrogen-bond acceptors (Lipinski definition) is 2. The first-order valence-corrected chi connectivity index (χ1v) is 6.38. The number of nitrogen functional groups attached to an aromatic ring is 1. The van der Waals surface area contributed by atoms with Crippen LogP contribution in [-0.4, -0.2) is 0 Å². The Morgan fingerprint density at radius 2 is 1.53 bits per heavy atom. The van der Waals surface area contributed by atoms with Gasteiger partial charge >= 0.3 is 0 Å². The average Bonchev–Trinajstić information content (AvgIpc) is 2.28. The lowest BCUT2D eigenvalue weighted by Gasteiger charge is -2.11. The van der Waals surface area contributed by atoms with Crippen molar-refractivity contribution in [2.24, 2.45) is 0 Å². The van der Waals surface area contributed by atoms with E-state index in [9.17, 15) is 0 Å².